The van der Waals surface area contributed by atoms with E-state index in [2.05, 4.69) is 57.2 Å². The van der Waals surface area contributed by atoms with Crippen molar-refractivity contribution in [1.29, 1.82) is 0 Å². The lowest BCUT2D eigenvalue weighted by Crippen LogP contribution is -2.26. The number of pyridine rings is 1. The molecule has 2 heterocycles. The molecule has 38 heavy (non-hydrogen) atoms. The Balaban J connectivity index is 0.000000689. The maximum absolute atomic E-state index is 12.4. The highest BCUT2D eigenvalue weighted by Gasteiger charge is 2.25. The van der Waals surface area contributed by atoms with Gasteiger partial charge in [-0.15, -0.1) is 0 Å². The summed E-state index contributed by atoms with van der Waals surface area (Å²) in [5.74, 6) is 1.83. The van der Waals surface area contributed by atoms with Gasteiger partial charge < -0.3 is 25.4 Å². The second-order valence-corrected chi connectivity index (χ2v) is 9.51. The predicted molar refractivity (Wildman–Crippen MR) is 143 cm³/mol. The van der Waals surface area contributed by atoms with Gasteiger partial charge in [0.2, 0.25) is 0 Å². The maximum Gasteiger partial charge on any atom is 0.503 e. The Hall–Kier alpha value is -4.66. The minimum atomic E-state index is -1.83. The van der Waals surface area contributed by atoms with E-state index in [9.17, 15) is 4.79 Å². The SMILES string of the molecule is Cc1noc(-c2ccc(-c3ccc(C4CC4)cc3)cc2)c1Nc1cccc(C(=O)NC2CC2)n1.O=C(O)O. The van der Waals surface area contributed by atoms with Crippen LogP contribution >= 0.6 is 0 Å². The summed E-state index contributed by atoms with van der Waals surface area (Å²) < 4.78 is 5.67. The first kappa shape index (κ1) is 25.0. The average Bonchev–Trinajstić information content (AvgIpc) is 3.85. The topological polar surface area (TPSA) is 138 Å². The number of hydrogen-bond donors (Lipinski definition) is 4. The van der Waals surface area contributed by atoms with Crippen molar-refractivity contribution in [3.8, 4) is 22.5 Å². The zero-order chi connectivity index (χ0) is 26.6. The van der Waals surface area contributed by atoms with Crippen molar-refractivity contribution in [1.82, 2.24) is 15.5 Å². The number of aryl methyl sites for hydroxylation is 1. The molecule has 0 saturated heterocycles. The molecule has 194 valence electrons. The van der Waals surface area contributed by atoms with Crippen LogP contribution in [0.5, 0.6) is 0 Å². The number of benzene rings is 2. The van der Waals surface area contributed by atoms with Crippen molar-refractivity contribution in [3.05, 3.63) is 83.7 Å². The highest BCUT2D eigenvalue weighted by atomic mass is 16.6. The van der Waals surface area contributed by atoms with Crippen LogP contribution in [0.4, 0.5) is 16.3 Å². The van der Waals surface area contributed by atoms with E-state index in [-0.39, 0.29) is 11.9 Å². The normalized spacial score (nSPS) is 14.2. The molecule has 0 spiro atoms. The number of amides is 1. The molecule has 4 N–H and O–H groups in total. The highest BCUT2D eigenvalue weighted by molar-refractivity contribution is 5.93. The zero-order valence-electron chi connectivity index (χ0n) is 20.8. The Bertz CT molecular complexity index is 1430. The van der Waals surface area contributed by atoms with Crippen LogP contribution in [0, 0.1) is 6.92 Å². The molecule has 2 fully saturated rings. The van der Waals surface area contributed by atoms with Gasteiger partial charge in [0.15, 0.2) is 5.76 Å². The molecule has 2 aromatic heterocycles. The molecule has 0 unspecified atom stereocenters. The molecular weight excluding hydrogens is 484 g/mol. The fourth-order valence-corrected chi connectivity index (χ4v) is 4.14. The summed E-state index contributed by atoms with van der Waals surface area (Å²) in [6.45, 7) is 1.88. The van der Waals surface area contributed by atoms with E-state index < -0.39 is 6.16 Å². The number of anilines is 2. The van der Waals surface area contributed by atoms with E-state index in [1.54, 1.807) is 6.07 Å². The molecular formula is C29H28N4O5. The average molecular weight is 513 g/mol. The first-order valence-electron chi connectivity index (χ1n) is 12.5. The number of aromatic nitrogens is 2. The molecule has 0 aliphatic heterocycles. The van der Waals surface area contributed by atoms with Gasteiger partial charge in [0.25, 0.3) is 5.91 Å². The quantitative estimate of drug-likeness (QED) is 0.222. The summed E-state index contributed by atoms with van der Waals surface area (Å²) in [5.41, 5.74) is 6.59. The second-order valence-electron chi connectivity index (χ2n) is 9.51. The highest BCUT2D eigenvalue weighted by Crippen LogP contribution is 2.40. The number of carbonyl (C=O) groups excluding carboxylic acids is 1. The van der Waals surface area contributed by atoms with Crippen LogP contribution in [0.25, 0.3) is 22.5 Å². The Kier molecular flexibility index (Phi) is 7.08. The molecule has 2 saturated carbocycles. The predicted octanol–water partition coefficient (Wildman–Crippen LogP) is 6.45. The van der Waals surface area contributed by atoms with Crippen LogP contribution in [0.15, 0.2) is 71.3 Å². The molecule has 2 aliphatic rings. The van der Waals surface area contributed by atoms with Gasteiger partial charge in [-0.3, -0.25) is 4.79 Å². The molecule has 2 aromatic carbocycles. The van der Waals surface area contributed by atoms with Crippen LogP contribution in [0.3, 0.4) is 0 Å². The van der Waals surface area contributed by atoms with Gasteiger partial charge in [-0.2, -0.15) is 0 Å². The van der Waals surface area contributed by atoms with Gasteiger partial charge in [-0.05, 0) is 67.3 Å². The zero-order valence-corrected chi connectivity index (χ0v) is 20.8. The number of nitrogens with zero attached hydrogens (tertiary/aromatic N) is 2. The number of carbonyl (C=O) groups is 2. The van der Waals surface area contributed by atoms with Crippen LogP contribution in [-0.4, -0.2) is 38.5 Å². The smallest absolute Gasteiger partial charge is 0.450 e. The summed E-state index contributed by atoms with van der Waals surface area (Å²) in [6, 6.07) is 22.8. The van der Waals surface area contributed by atoms with Crippen LogP contribution in [0.2, 0.25) is 0 Å². The van der Waals surface area contributed by atoms with Gasteiger partial charge in [-0.25, -0.2) is 9.78 Å². The van der Waals surface area contributed by atoms with Crippen LogP contribution < -0.4 is 10.6 Å². The Labute approximate surface area is 219 Å². The number of hydrogen-bond acceptors (Lipinski definition) is 6. The van der Waals surface area contributed by atoms with E-state index in [1.807, 2.05) is 31.2 Å². The molecule has 9 heteroatoms. The Morgan fingerprint density at radius 1 is 0.868 bits per heavy atom. The third-order valence-electron chi connectivity index (χ3n) is 6.45. The van der Waals surface area contributed by atoms with E-state index in [0.717, 1.165) is 41.3 Å². The van der Waals surface area contributed by atoms with E-state index in [0.29, 0.717) is 17.3 Å². The molecule has 9 nitrogen and oxygen atoms in total. The van der Waals surface area contributed by atoms with Crippen molar-refractivity contribution in [2.45, 2.75) is 44.6 Å². The van der Waals surface area contributed by atoms with Gasteiger partial charge in [0.05, 0.1) is 0 Å². The largest absolute Gasteiger partial charge is 0.503 e. The Morgan fingerprint density at radius 2 is 1.47 bits per heavy atom. The minimum absolute atomic E-state index is 0.144. The van der Waals surface area contributed by atoms with E-state index >= 15 is 0 Å². The molecule has 2 aliphatic carbocycles. The summed E-state index contributed by atoms with van der Waals surface area (Å²) in [5, 5.41) is 24.4. The summed E-state index contributed by atoms with van der Waals surface area (Å²) in [7, 11) is 0. The number of carboxylic acid groups (broad SMARTS) is 2. The van der Waals surface area contributed by atoms with E-state index in [4.69, 9.17) is 19.5 Å². The summed E-state index contributed by atoms with van der Waals surface area (Å²) in [4.78, 5) is 25.4. The lowest BCUT2D eigenvalue weighted by atomic mass is 10.0. The lowest BCUT2D eigenvalue weighted by molar-refractivity contribution is 0.0946. The van der Waals surface area contributed by atoms with Crippen molar-refractivity contribution in [2.24, 2.45) is 0 Å². The fraction of sp³-hybridized carbons (Fsp3) is 0.241. The first-order valence-corrected chi connectivity index (χ1v) is 12.5. The molecule has 0 bridgehead atoms. The van der Waals surface area contributed by atoms with Gasteiger partial charge in [0.1, 0.15) is 22.9 Å². The monoisotopic (exact) mass is 512 g/mol. The first-order chi connectivity index (χ1) is 18.4. The summed E-state index contributed by atoms with van der Waals surface area (Å²) >= 11 is 0. The molecule has 0 radical (unpaired) electrons. The Morgan fingerprint density at radius 3 is 2.08 bits per heavy atom. The van der Waals surface area contributed by atoms with E-state index in [1.165, 1.54) is 24.0 Å². The third kappa shape index (κ3) is 6.18. The number of nitrogens with one attached hydrogen (secondary N) is 2. The van der Waals surface area contributed by atoms with Gasteiger partial charge >= 0.3 is 6.16 Å². The molecule has 4 aromatic rings. The molecule has 1 amide bonds. The van der Waals surface area contributed by atoms with Crippen LogP contribution in [0.1, 0.15) is 53.3 Å². The summed E-state index contributed by atoms with van der Waals surface area (Å²) in [6.07, 6.45) is 2.87. The van der Waals surface area contributed by atoms with Crippen molar-refractivity contribution < 1.29 is 24.3 Å². The maximum atomic E-state index is 12.4. The standard InChI is InChI=1S/C28H26N4O2.CH2O3/c1-17-26(31-25-4-2-3-24(30-25)28(33)29-23-15-16-23)27(34-32-17)22-13-11-21(12-14-22)20-9-7-19(8-10-20)18-5-6-18;2-1(3)4/h2-4,7-14,18,23H,5-6,15-16H2,1H3,(H,29,33)(H,30,31);(H2,2,3,4). The van der Waals surface area contributed by atoms with Crippen molar-refractivity contribution in [3.63, 3.8) is 0 Å². The van der Waals surface area contributed by atoms with Crippen LogP contribution in [-0.2, 0) is 0 Å². The lowest BCUT2D eigenvalue weighted by Gasteiger charge is -2.09. The molecule has 0 atom stereocenters. The molecule has 6 rings (SSSR count). The third-order valence-corrected chi connectivity index (χ3v) is 6.45. The van der Waals surface area contributed by atoms with Gasteiger partial charge in [0, 0.05) is 11.6 Å². The number of rotatable bonds is 7. The van der Waals surface area contributed by atoms with Crippen molar-refractivity contribution >= 4 is 23.6 Å². The van der Waals surface area contributed by atoms with Crippen molar-refractivity contribution in [2.75, 3.05) is 5.32 Å². The minimum Gasteiger partial charge on any atom is -0.450 e. The fourth-order valence-electron chi connectivity index (χ4n) is 4.14. The second kappa shape index (κ2) is 10.8. The van der Waals surface area contributed by atoms with Gasteiger partial charge in [-0.1, -0.05) is 59.8 Å².